The van der Waals surface area contributed by atoms with E-state index >= 15 is 0 Å². The van der Waals surface area contributed by atoms with E-state index in [1.54, 1.807) is 6.07 Å². The molecule has 0 aromatic carbocycles. The first-order valence-corrected chi connectivity index (χ1v) is 3.78. The zero-order valence-electron chi connectivity index (χ0n) is 6.82. The third-order valence-corrected chi connectivity index (χ3v) is 1.79. The van der Waals surface area contributed by atoms with Gasteiger partial charge >= 0.3 is 0 Å². The van der Waals surface area contributed by atoms with Crippen LogP contribution in [0.4, 0.5) is 0 Å². The number of aromatic nitrogens is 2. The van der Waals surface area contributed by atoms with Gasteiger partial charge in [-0.25, -0.2) is 0 Å². The molecule has 1 aromatic heterocycles. The summed E-state index contributed by atoms with van der Waals surface area (Å²) in [5.74, 6) is 0. The van der Waals surface area contributed by atoms with Crippen LogP contribution in [0.2, 0.25) is 0 Å². The average Bonchev–Trinajstić information content (AvgIpc) is 2.50. The maximum absolute atomic E-state index is 10.3. The summed E-state index contributed by atoms with van der Waals surface area (Å²) in [4.78, 5) is 10.3. The van der Waals surface area contributed by atoms with Gasteiger partial charge < -0.3 is 0 Å². The Kier molecular flexibility index (Phi) is 2.41. The van der Waals surface area contributed by atoms with Gasteiger partial charge in [-0.2, -0.15) is 5.10 Å². The van der Waals surface area contributed by atoms with Crippen LogP contribution >= 0.6 is 0 Å². The van der Waals surface area contributed by atoms with Crippen molar-refractivity contribution in [1.82, 2.24) is 9.78 Å². The van der Waals surface area contributed by atoms with Crippen molar-refractivity contribution in [2.45, 2.75) is 26.3 Å². The largest absolute Gasteiger partial charge is 0.296 e. The number of carbonyl (C=O) groups is 1. The molecule has 3 heteroatoms. The lowest BCUT2D eigenvalue weighted by molar-refractivity contribution is 0.111. The van der Waals surface area contributed by atoms with E-state index in [2.05, 4.69) is 18.9 Å². The molecule has 0 aliphatic carbocycles. The van der Waals surface area contributed by atoms with Crippen LogP contribution in [-0.2, 0) is 0 Å². The van der Waals surface area contributed by atoms with Gasteiger partial charge in [0.1, 0.15) is 5.69 Å². The van der Waals surface area contributed by atoms with Gasteiger partial charge in [0, 0.05) is 12.2 Å². The van der Waals surface area contributed by atoms with Crippen LogP contribution in [0.25, 0.3) is 0 Å². The quantitative estimate of drug-likeness (QED) is 0.617. The predicted molar refractivity (Wildman–Crippen MR) is 42.6 cm³/mol. The minimum Gasteiger partial charge on any atom is -0.296 e. The lowest BCUT2D eigenvalue weighted by Gasteiger charge is -2.07. The van der Waals surface area contributed by atoms with E-state index in [0.29, 0.717) is 11.7 Å². The summed E-state index contributed by atoms with van der Waals surface area (Å²) in [7, 11) is 0. The molecule has 0 bridgehead atoms. The summed E-state index contributed by atoms with van der Waals surface area (Å²) >= 11 is 0. The molecule has 1 unspecified atom stereocenters. The first-order chi connectivity index (χ1) is 5.27. The molecular weight excluding hydrogens is 140 g/mol. The fourth-order valence-electron chi connectivity index (χ4n) is 0.848. The Morgan fingerprint density at radius 2 is 2.55 bits per heavy atom. The van der Waals surface area contributed by atoms with Crippen LogP contribution < -0.4 is 0 Å². The van der Waals surface area contributed by atoms with Crippen molar-refractivity contribution in [3.05, 3.63) is 18.0 Å². The van der Waals surface area contributed by atoms with Crippen molar-refractivity contribution < 1.29 is 4.79 Å². The number of hydrogen-bond donors (Lipinski definition) is 0. The molecule has 3 nitrogen and oxygen atoms in total. The summed E-state index contributed by atoms with van der Waals surface area (Å²) < 4.78 is 1.81. The van der Waals surface area contributed by atoms with Crippen LogP contribution in [0.1, 0.15) is 36.8 Å². The Balaban J connectivity index is 2.79. The monoisotopic (exact) mass is 152 g/mol. The third kappa shape index (κ3) is 1.67. The number of carbonyl (C=O) groups excluding carboxylic acids is 1. The van der Waals surface area contributed by atoms with Crippen molar-refractivity contribution in [3.63, 3.8) is 0 Å². The lowest BCUT2D eigenvalue weighted by Crippen LogP contribution is -2.04. The van der Waals surface area contributed by atoms with Gasteiger partial charge in [0.15, 0.2) is 6.29 Å². The second-order valence-electron chi connectivity index (χ2n) is 2.60. The average molecular weight is 152 g/mol. The number of nitrogens with zero attached hydrogens (tertiary/aromatic N) is 2. The Morgan fingerprint density at radius 3 is 3.00 bits per heavy atom. The molecular formula is C8H12N2O. The summed E-state index contributed by atoms with van der Waals surface area (Å²) in [5.41, 5.74) is 0.505. The number of hydrogen-bond acceptors (Lipinski definition) is 2. The standard InChI is InChI=1S/C8H12N2O/c1-3-7(2)10-5-4-8(6-11)9-10/h4-7H,3H2,1-2H3. The highest BCUT2D eigenvalue weighted by Crippen LogP contribution is 2.07. The molecule has 0 spiro atoms. The highest BCUT2D eigenvalue weighted by Gasteiger charge is 2.02. The van der Waals surface area contributed by atoms with E-state index in [0.717, 1.165) is 12.7 Å². The molecule has 0 N–H and O–H groups in total. The minimum atomic E-state index is 0.378. The van der Waals surface area contributed by atoms with E-state index in [1.807, 2.05) is 10.9 Å². The highest BCUT2D eigenvalue weighted by atomic mass is 16.1. The van der Waals surface area contributed by atoms with Gasteiger partial charge in [-0.1, -0.05) is 6.92 Å². The van der Waals surface area contributed by atoms with Crippen molar-refractivity contribution in [1.29, 1.82) is 0 Å². The summed E-state index contributed by atoms with van der Waals surface area (Å²) in [6.45, 7) is 4.16. The van der Waals surface area contributed by atoms with Crippen molar-refractivity contribution >= 4 is 6.29 Å². The SMILES string of the molecule is CCC(C)n1ccc(C=O)n1. The second kappa shape index (κ2) is 3.32. The third-order valence-electron chi connectivity index (χ3n) is 1.79. The molecule has 1 aromatic rings. The Hall–Kier alpha value is -1.12. The summed E-state index contributed by atoms with van der Waals surface area (Å²) in [5, 5.41) is 4.05. The van der Waals surface area contributed by atoms with E-state index in [-0.39, 0.29) is 0 Å². The zero-order chi connectivity index (χ0) is 8.27. The Morgan fingerprint density at radius 1 is 1.82 bits per heavy atom. The van der Waals surface area contributed by atoms with Crippen LogP contribution in [0.3, 0.4) is 0 Å². The van der Waals surface area contributed by atoms with E-state index in [4.69, 9.17) is 0 Å². The molecule has 0 fully saturated rings. The highest BCUT2D eigenvalue weighted by molar-refractivity contribution is 5.71. The molecule has 11 heavy (non-hydrogen) atoms. The van der Waals surface area contributed by atoms with Crippen molar-refractivity contribution in [3.8, 4) is 0 Å². The van der Waals surface area contributed by atoms with E-state index in [9.17, 15) is 4.79 Å². The molecule has 0 aliphatic rings. The van der Waals surface area contributed by atoms with Gasteiger partial charge in [-0.15, -0.1) is 0 Å². The first-order valence-electron chi connectivity index (χ1n) is 3.78. The minimum absolute atomic E-state index is 0.378. The zero-order valence-corrected chi connectivity index (χ0v) is 6.82. The fourth-order valence-corrected chi connectivity index (χ4v) is 0.848. The van der Waals surface area contributed by atoms with Crippen LogP contribution in [0.5, 0.6) is 0 Å². The molecule has 0 amide bonds. The molecule has 1 heterocycles. The second-order valence-corrected chi connectivity index (χ2v) is 2.60. The molecule has 1 rings (SSSR count). The molecule has 0 saturated heterocycles. The summed E-state index contributed by atoms with van der Waals surface area (Å²) in [6, 6.07) is 2.10. The molecule has 0 saturated carbocycles. The maximum Gasteiger partial charge on any atom is 0.170 e. The van der Waals surface area contributed by atoms with E-state index < -0.39 is 0 Å². The van der Waals surface area contributed by atoms with Gasteiger partial charge in [0.2, 0.25) is 0 Å². The molecule has 1 atom stereocenters. The first kappa shape index (κ1) is 7.98. The number of rotatable bonds is 3. The van der Waals surface area contributed by atoms with Crippen LogP contribution in [0.15, 0.2) is 12.3 Å². The number of aldehydes is 1. The van der Waals surface area contributed by atoms with Crippen molar-refractivity contribution in [2.24, 2.45) is 0 Å². The Bertz CT molecular complexity index is 242. The van der Waals surface area contributed by atoms with Crippen LogP contribution in [0, 0.1) is 0 Å². The van der Waals surface area contributed by atoms with Gasteiger partial charge in [-0.05, 0) is 19.4 Å². The normalized spacial score (nSPS) is 12.9. The molecule has 0 aliphatic heterocycles. The fraction of sp³-hybridized carbons (Fsp3) is 0.500. The topological polar surface area (TPSA) is 34.9 Å². The van der Waals surface area contributed by atoms with Gasteiger partial charge in [0.25, 0.3) is 0 Å². The van der Waals surface area contributed by atoms with Gasteiger partial charge in [-0.3, -0.25) is 9.48 Å². The smallest absolute Gasteiger partial charge is 0.170 e. The summed E-state index contributed by atoms with van der Waals surface area (Å²) in [6.07, 6.45) is 3.62. The van der Waals surface area contributed by atoms with Crippen LogP contribution in [-0.4, -0.2) is 16.1 Å². The van der Waals surface area contributed by atoms with Gasteiger partial charge in [0.05, 0.1) is 0 Å². The molecule has 60 valence electrons. The maximum atomic E-state index is 10.3. The predicted octanol–water partition coefficient (Wildman–Crippen LogP) is 1.67. The molecule has 0 radical (unpaired) electrons. The lowest BCUT2D eigenvalue weighted by atomic mass is 10.3. The Labute approximate surface area is 66.0 Å². The van der Waals surface area contributed by atoms with E-state index in [1.165, 1.54) is 0 Å². The van der Waals surface area contributed by atoms with Crippen molar-refractivity contribution in [2.75, 3.05) is 0 Å².